The van der Waals surface area contributed by atoms with Gasteiger partial charge < -0.3 is 9.47 Å². The lowest BCUT2D eigenvalue weighted by Gasteiger charge is -1.98. The Morgan fingerprint density at radius 2 is 1.56 bits per heavy atom. The Labute approximate surface area is 53.3 Å². The molecular formula is C5H11FO3. The van der Waals surface area contributed by atoms with Gasteiger partial charge in [-0.3, -0.25) is 4.70 Å². The van der Waals surface area contributed by atoms with Crippen molar-refractivity contribution in [2.45, 2.75) is 13.8 Å². The molecule has 0 bridgehead atoms. The maximum atomic E-state index is 10.2. The fourth-order valence-electron chi connectivity index (χ4n) is 0.277. The monoisotopic (exact) mass is 138 g/mol. The molecule has 3 nitrogen and oxygen atoms in total. The van der Waals surface area contributed by atoms with Gasteiger partial charge in [0.25, 0.3) is 0 Å². The minimum Gasteiger partial charge on any atom is -0.435 e. The van der Waals surface area contributed by atoms with Crippen LogP contribution in [0.15, 0.2) is 0 Å². The normalized spacial score (nSPS) is 7.33. The van der Waals surface area contributed by atoms with E-state index in [2.05, 4.69) is 9.47 Å². The Balaban J connectivity index is 0. The van der Waals surface area contributed by atoms with Crippen molar-refractivity contribution in [2.75, 3.05) is 13.2 Å². The topological polar surface area (TPSA) is 35.5 Å². The molecule has 0 atom stereocenters. The number of carbonyl (C=O) groups excluding carboxylic acids is 1. The van der Waals surface area contributed by atoms with Gasteiger partial charge in [0.2, 0.25) is 0 Å². The highest BCUT2D eigenvalue weighted by Crippen LogP contribution is 1.81. The smallest absolute Gasteiger partial charge is 0.435 e. The zero-order valence-electron chi connectivity index (χ0n) is 5.55. The number of carbonyl (C=O) groups is 1. The van der Waals surface area contributed by atoms with E-state index in [9.17, 15) is 4.79 Å². The second-order valence-electron chi connectivity index (χ2n) is 1.12. The fraction of sp³-hybridized carbons (Fsp3) is 0.800. The third-order valence-electron chi connectivity index (χ3n) is 0.524. The van der Waals surface area contributed by atoms with Gasteiger partial charge in [0, 0.05) is 0 Å². The Bertz CT molecular complexity index is 66.6. The first kappa shape index (κ1) is 11.1. The van der Waals surface area contributed by atoms with E-state index in [0.717, 1.165) is 0 Å². The van der Waals surface area contributed by atoms with Gasteiger partial charge in [0.1, 0.15) is 0 Å². The van der Waals surface area contributed by atoms with E-state index in [1.54, 1.807) is 13.8 Å². The first-order valence-electron chi connectivity index (χ1n) is 2.60. The third-order valence-corrected chi connectivity index (χ3v) is 0.524. The van der Waals surface area contributed by atoms with Crippen LogP contribution in [0.3, 0.4) is 0 Å². The van der Waals surface area contributed by atoms with Crippen molar-refractivity contribution in [3.05, 3.63) is 0 Å². The number of hydrogen-bond donors (Lipinski definition) is 0. The van der Waals surface area contributed by atoms with Gasteiger partial charge in [0.15, 0.2) is 0 Å². The number of rotatable bonds is 2. The minimum absolute atomic E-state index is 0. The Kier molecular flexibility index (Phi) is 8.85. The van der Waals surface area contributed by atoms with Crippen molar-refractivity contribution in [3.8, 4) is 0 Å². The Morgan fingerprint density at radius 1 is 1.22 bits per heavy atom. The summed E-state index contributed by atoms with van der Waals surface area (Å²) in [6, 6.07) is 0. The Hall–Kier alpha value is -0.800. The molecule has 0 unspecified atom stereocenters. The SMILES string of the molecule is CCOC(=O)OCC.F. The predicted octanol–water partition coefficient (Wildman–Crippen LogP) is 1.33. The Morgan fingerprint density at radius 3 is 1.78 bits per heavy atom. The quantitative estimate of drug-likeness (QED) is 0.540. The van der Waals surface area contributed by atoms with E-state index in [-0.39, 0.29) is 4.70 Å². The highest BCUT2D eigenvalue weighted by molar-refractivity contribution is 5.59. The lowest BCUT2D eigenvalue weighted by molar-refractivity contribution is 0.0630. The van der Waals surface area contributed by atoms with Crippen LogP contribution >= 0.6 is 0 Å². The van der Waals surface area contributed by atoms with Crippen LogP contribution in [0.1, 0.15) is 13.8 Å². The summed E-state index contributed by atoms with van der Waals surface area (Å²) >= 11 is 0. The molecule has 0 radical (unpaired) electrons. The molecule has 0 aromatic rings. The van der Waals surface area contributed by atoms with E-state index in [1.807, 2.05) is 0 Å². The molecule has 0 aliphatic rings. The van der Waals surface area contributed by atoms with Crippen LogP contribution < -0.4 is 0 Å². The van der Waals surface area contributed by atoms with Crippen molar-refractivity contribution in [3.63, 3.8) is 0 Å². The van der Waals surface area contributed by atoms with Gasteiger partial charge in [-0.15, -0.1) is 0 Å². The summed E-state index contributed by atoms with van der Waals surface area (Å²) in [5.41, 5.74) is 0. The largest absolute Gasteiger partial charge is 0.508 e. The molecule has 9 heavy (non-hydrogen) atoms. The molecule has 0 heterocycles. The van der Waals surface area contributed by atoms with Gasteiger partial charge in [-0.05, 0) is 13.8 Å². The van der Waals surface area contributed by atoms with Crippen LogP contribution in [0.2, 0.25) is 0 Å². The van der Waals surface area contributed by atoms with Crippen LogP contribution in [0.25, 0.3) is 0 Å². The van der Waals surface area contributed by atoms with Gasteiger partial charge in [0.05, 0.1) is 13.2 Å². The second-order valence-corrected chi connectivity index (χ2v) is 1.12. The molecule has 0 aromatic heterocycles. The number of hydrogen-bond acceptors (Lipinski definition) is 3. The van der Waals surface area contributed by atoms with Gasteiger partial charge in [-0.2, -0.15) is 0 Å². The van der Waals surface area contributed by atoms with Gasteiger partial charge >= 0.3 is 6.16 Å². The van der Waals surface area contributed by atoms with Crippen molar-refractivity contribution < 1.29 is 19.0 Å². The standard InChI is InChI=1S/C5H10O3.FH/c1-3-7-5(6)8-4-2;/h3-4H2,1-2H3;1H. The van der Waals surface area contributed by atoms with Crippen LogP contribution in [-0.4, -0.2) is 19.4 Å². The van der Waals surface area contributed by atoms with E-state index >= 15 is 0 Å². The maximum absolute atomic E-state index is 10.2. The summed E-state index contributed by atoms with van der Waals surface area (Å²) in [7, 11) is 0. The van der Waals surface area contributed by atoms with E-state index < -0.39 is 6.16 Å². The van der Waals surface area contributed by atoms with Crippen LogP contribution in [0.5, 0.6) is 0 Å². The molecule has 0 saturated carbocycles. The highest BCUT2D eigenvalue weighted by Gasteiger charge is 1.96. The van der Waals surface area contributed by atoms with Gasteiger partial charge in [-0.25, -0.2) is 4.79 Å². The summed E-state index contributed by atoms with van der Waals surface area (Å²) < 4.78 is 8.84. The first-order valence-corrected chi connectivity index (χ1v) is 2.60. The number of halogens is 1. The minimum atomic E-state index is -0.588. The molecule has 0 aromatic carbocycles. The maximum Gasteiger partial charge on any atom is 0.508 e. The summed E-state index contributed by atoms with van der Waals surface area (Å²) in [6.07, 6.45) is -0.588. The zero-order chi connectivity index (χ0) is 6.41. The van der Waals surface area contributed by atoms with E-state index in [0.29, 0.717) is 13.2 Å². The molecule has 0 spiro atoms. The van der Waals surface area contributed by atoms with Crippen molar-refractivity contribution in [1.29, 1.82) is 0 Å². The van der Waals surface area contributed by atoms with Crippen LogP contribution in [0, 0.1) is 0 Å². The molecule has 0 amide bonds. The molecular weight excluding hydrogens is 127 g/mol. The number of ether oxygens (including phenoxy) is 2. The van der Waals surface area contributed by atoms with Crippen molar-refractivity contribution >= 4 is 6.16 Å². The average Bonchev–Trinajstić information content (AvgIpc) is 1.68. The molecule has 0 rings (SSSR count). The van der Waals surface area contributed by atoms with E-state index in [1.165, 1.54) is 0 Å². The predicted molar refractivity (Wildman–Crippen MR) is 31.2 cm³/mol. The van der Waals surface area contributed by atoms with Gasteiger partial charge in [-0.1, -0.05) is 0 Å². The fourth-order valence-corrected chi connectivity index (χ4v) is 0.277. The summed E-state index contributed by atoms with van der Waals surface area (Å²) in [5.74, 6) is 0. The summed E-state index contributed by atoms with van der Waals surface area (Å²) in [5, 5.41) is 0. The molecule has 0 aliphatic carbocycles. The first-order chi connectivity index (χ1) is 3.81. The van der Waals surface area contributed by atoms with Crippen molar-refractivity contribution in [1.82, 2.24) is 0 Å². The highest BCUT2D eigenvalue weighted by atomic mass is 19.0. The molecule has 0 N–H and O–H groups in total. The molecule has 0 saturated heterocycles. The lowest BCUT2D eigenvalue weighted by atomic mass is 10.8. The molecule has 0 fully saturated rings. The zero-order valence-corrected chi connectivity index (χ0v) is 5.55. The lowest BCUT2D eigenvalue weighted by Crippen LogP contribution is -2.05. The average molecular weight is 138 g/mol. The van der Waals surface area contributed by atoms with E-state index in [4.69, 9.17) is 0 Å². The van der Waals surface area contributed by atoms with Crippen LogP contribution in [0.4, 0.5) is 9.50 Å². The van der Waals surface area contributed by atoms with Crippen LogP contribution in [-0.2, 0) is 9.47 Å². The third kappa shape index (κ3) is 7.20. The summed E-state index contributed by atoms with van der Waals surface area (Å²) in [6.45, 7) is 4.21. The molecule has 56 valence electrons. The molecule has 0 aliphatic heterocycles. The van der Waals surface area contributed by atoms with Crippen molar-refractivity contribution in [2.24, 2.45) is 0 Å². The summed E-state index contributed by atoms with van der Waals surface area (Å²) in [4.78, 5) is 10.2. The second kappa shape index (κ2) is 7.20. The molecule has 4 heteroatoms.